The molecule has 15 heteroatoms. The van der Waals surface area contributed by atoms with E-state index in [-0.39, 0.29) is 47.7 Å². The summed E-state index contributed by atoms with van der Waals surface area (Å²) in [6, 6.07) is 36.0. The number of anilines is 2. The van der Waals surface area contributed by atoms with Gasteiger partial charge in [-0.15, -0.1) is 34.4 Å². The van der Waals surface area contributed by atoms with Crippen molar-refractivity contribution in [2.75, 3.05) is 22.1 Å². The number of nitrogens with one attached hydrogen (secondary N) is 2. The van der Waals surface area contributed by atoms with E-state index in [2.05, 4.69) is 10.6 Å². The number of thioether (sulfide) groups is 1. The van der Waals surface area contributed by atoms with E-state index < -0.39 is 17.4 Å². The van der Waals surface area contributed by atoms with Crippen molar-refractivity contribution in [3.05, 3.63) is 153 Å². The summed E-state index contributed by atoms with van der Waals surface area (Å²) in [6.45, 7) is 7.43. The zero-order chi connectivity index (χ0) is 46.2. The summed E-state index contributed by atoms with van der Waals surface area (Å²) in [5.41, 5.74) is 1.13. The molecule has 2 heterocycles. The number of hydrogen-bond acceptors (Lipinski definition) is 11. The van der Waals surface area contributed by atoms with Gasteiger partial charge in [0, 0.05) is 27.3 Å². The van der Waals surface area contributed by atoms with Crippen molar-refractivity contribution in [3.63, 3.8) is 0 Å². The summed E-state index contributed by atoms with van der Waals surface area (Å²) >= 11 is 3.72. The normalized spacial score (nSPS) is 10.8. The van der Waals surface area contributed by atoms with E-state index in [0.29, 0.717) is 55.3 Å². The van der Waals surface area contributed by atoms with Gasteiger partial charge in [-0.2, -0.15) is 0 Å². The zero-order valence-electron chi connectivity index (χ0n) is 35.7. The van der Waals surface area contributed by atoms with Crippen LogP contribution in [-0.2, 0) is 32.0 Å². The van der Waals surface area contributed by atoms with E-state index in [9.17, 15) is 28.8 Å². The molecule has 0 aliphatic rings. The summed E-state index contributed by atoms with van der Waals surface area (Å²) in [7, 11) is 0. The first-order chi connectivity index (χ1) is 30.6. The van der Waals surface area contributed by atoms with Crippen molar-refractivity contribution < 1.29 is 48.5 Å². The molecule has 6 aromatic rings. The number of hydrogen-bond donors (Lipinski definition) is 4. The van der Waals surface area contributed by atoms with Crippen molar-refractivity contribution >= 4 is 79.8 Å². The number of carboxylic acid groups (broad SMARTS) is 2. The minimum absolute atomic E-state index is 0.00477. The fraction of sp³-hybridized carbons (Fsp3) is 0.224. The maximum Gasteiger partial charge on any atom is 0.313 e. The number of carboxylic acids is 2. The standard InChI is InChI=1S/C26H27NO5S.C23H21NO5S2/c1-4-20-14-21(25(33-20)27-22(28)15-26(2,3)16-23(29)30)24(31)17-10-12-19(13-11-17)32-18-8-6-5-7-9-18;1-2-18-12-19(23(31-18)24-20(25)13-30-14-21(26)27)22(28)15-8-10-17(11-9-15)29-16-6-4-3-5-7-16/h5-14H,4,15-16H2,1-3H3,(H,27,28)(H,29,30);3-12H,2,13-14H2,1H3,(H,24,25)(H,26,27). The van der Waals surface area contributed by atoms with E-state index in [1.165, 1.54) is 22.7 Å². The molecule has 2 aromatic heterocycles. The highest BCUT2D eigenvalue weighted by molar-refractivity contribution is 8.00. The summed E-state index contributed by atoms with van der Waals surface area (Å²) in [5, 5.41) is 24.3. The van der Waals surface area contributed by atoms with Crippen LogP contribution < -0.4 is 20.1 Å². The van der Waals surface area contributed by atoms with Gasteiger partial charge in [-0.1, -0.05) is 64.1 Å². The van der Waals surface area contributed by atoms with Crippen LogP contribution in [0.15, 0.2) is 121 Å². The van der Waals surface area contributed by atoms with Crippen molar-refractivity contribution in [3.8, 4) is 23.0 Å². The van der Waals surface area contributed by atoms with Crippen molar-refractivity contribution in [1.29, 1.82) is 0 Å². The van der Waals surface area contributed by atoms with Gasteiger partial charge >= 0.3 is 11.9 Å². The van der Waals surface area contributed by atoms with Crippen molar-refractivity contribution in [1.82, 2.24) is 0 Å². The van der Waals surface area contributed by atoms with Gasteiger partial charge in [-0.05, 0) is 103 Å². The molecule has 6 rings (SSSR count). The van der Waals surface area contributed by atoms with Crippen LogP contribution in [0.4, 0.5) is 10.0 Å². The predicted molar refractivity (Wildman–Crippen MR) is 253 cm³/mol. The Morgan fingerprint density at radius 2 is 0.953 bits per heavy atom. The van der Waals surface area contributed by atoms with Gasteiger partial charge in [0.1, 0.15) is 33.0 Å². The van der Waals surface area contributed by atoms with E-state index in [1.54, 1.807) is 74.5 Å². The topological polar surface area (TPSA) is 185 Å². The summed E-state index contributed by atoms with van der Waals surface area (Å²) in [6.07, 6.45) is 1.39. The number of benzene rings is 4. The molecule has 4 aromatic carbocycles. The Labute approximate surface area is 383 Å². The van der Waals surface area contributed by atoms with Gasteiger partial charge in [0.15, 0.2) is 11.6 Å². The van der Waals surface area contributed by atoms with Crippen LogP contribution in [0.25, 0.3) is 0 Å². The number of aryl methyl sites for hydroxylation is 2. The third-order valence-corrected chi connectivity index (χ3v) is 12.5. The minimum atomic E-state index is -0.974. The average Bonchev–Trinajstić information content (AvgIpc) is 3.87. The molecular weight excluding hydrogens is 873 g/mol. The first-order valence-electron chi connectivity index (χ1n) is 20.2. The minimum Gasteiger partial charge on any atom is -0.481 e. The lowest BCUT2D eigenvalue weighted by molar-refractivity contribution is -0.139. The summed E-state index contributed by atoms with van der Waals surface area (Å²) in [4.78, 5) is 74.7. The second kappa shape index (κ2) is 23.2. The maximum absolute atomic E-state index is 13.2. The van der Waals surface area contributed by atoms with E-state index >= 15 is 0 Å². The summed E-state index contributed by atoms with van der Waals surface area (Å²) < 4.78 is 11.5. The third-order valence-electron chi connectivity index (χ3n) is 9.18. The van der Waals surface area contributed by atoms with Crippen LogP contribution in [0.2, 0.25) is 0 Å². The molecule has 0 saturated heterocycles. The first kappa shape index (κ1) is 48.5. The van der Waals surface area contributed by atoms with Gasteiger partial charge in [0.05, 0.1) is 29.1 Å². The first-order valence-corrected chi connectivity index (χ1v) is 23.0. The Kier molecular flexibility index (Phi) is 17.6. The monoisotopic (exact) mass is 920 g/mol. The van der Waals surface area contributed by atoms with Gasteiger partial charge in [0.25, 0.3) is 0 Å². The molecular formula is C49H48N2O10S3. The van der Waals surface area contributed by atoms with Crippen LogP contribution in [-0.4, -0.2) is 57.0 Å². The number of ketones is 2. The molecule has 0 atom stereocenters. The Hall–Kier alpha value is -6.55. The Bertz CT molecular complexity index is 2550. The molecule has 0 bridgehead atoms. The molecule has 2 amide bonds. The zero-order valence-corrected chi connectivity index (χ0v) is 38.1. The van der Waals surface area contributed by atoms with E-state index in [1.807, 2.05) is 74.5 Å². The Morgan fingerprint density at radius 1 is 0.547 bits per heavy atom. The summed E-state index contributed by atoms with van der Waals surface area (Å²) in [5.74, 6) is -0.471. The Morgan fingerprint density at radius 3 is 1.34 bits per heavy atom. The molecule has 0 aliphatic heterocycles. The molecule has 0 spiro atoms. The van der Waals surface area contributed by atoms with Crippen molar-refractivity contribution in [2.45, 2.75) is 53.4 Å². The average molecular weight is 921 g/mol. The van der Waals surface area contributed by atoms with Gasteiger partial charge < -0.3 is 30.3 Å². The third kappa shape index (κ3) is 14.8. The fourth-order valence-corrected chi connectivity index (χ4v) is 8.69. The number of thiophene rings is 2. The lowest BCUT2D eigenvalue weighted by Crippen LogP contribution is -2.25. The number of aliphatic carboxylic acids is 2. The molecule has 4 N–H and O–H groups in total. The van der Waals surface area contributed by atoms with Gasteiger partial charge in [0.2, 0.25) is 11.8 Å². The maximum atomic E-state index is 13.2. The molecule has 12 nitrogen and oxygen atoms in total. The number of carbonyl (C=O) groups excluding carboxylic acids is 4. The molecule has 332 valence electrons. The van der Waals surface area contributed by atoms with Gasteiger partial charge in [-0.25, -0.2) is 0 Å². The smallest absolute Gasteiger partial charge is 0.313 e. The highest BCUT2D eigenvalue weighted by atomic mass is 32.2. The fourth-order valence-electron chi connectivity index (χ4n) is 6.14. The lowest BCUT2D eigenvalue weighted by Gasteiger charge is -2.21. The van der Waals surface area contributed by atoms with Crippen LogP contribution in [0.3, 0.4) is 0 Å². The molecule has 0 radical (unpaired) electrons. The number of ether oxygens (including phenoxy) is 2. The number of rotatable bonds is 20. The second-order valence-electron chi connectivity index (χ2n) is 15.0. The molecule has 0 unspecified atom stereocenters. The second-order valence-corrected chi connectivity index (χ2v) is 18.3. The largest absolute Gasteiger partial charge is 0.481 e. The predicted octanol–water partition coefficient (Wildman–Crippen LogP) is 11.3. The van der Waals surface area contributed by atoms with Crippen LogP contribution in [0, 0.1) is 5.41 Å². The van der Waals surface area contributed by atoms with E-state index in [0.717, 1.165) is 34.4 Å². The molecule has 64 heavy (non-hydrogen) atoms. The van der Waals surface area contributed by atoms with E-state index in [4.69, 9.17) is 19.7 Å². The molecule has 0 fully saturated rings. The molecule has 0 saturated carbocycles. The quantitative estimate of drug-likeness (QED) is 0.0534. The van der Waals surface area contributed by atoms with Crippen LogP contribution in [0.1, 0.15) is 82.1 Å². The number of para-hydroxylation sites is 2. The van der Waals surface area contributed by atoms with Crippen molar-refractivity contribution in [2.24, 2.45) is 5.41 Å². The van der Waals surface area contributed by atoms with Crippen LogP contribution in [0.5, 0.6) is 23.0 Å². The van der Waals surface area contributed by atoms with Gasteiger partial charge in [-0.3, -0.25) is 28.8 Å². The van der Waals surface area contributed by atoms with Crippen LogP contribution >= 0.6 is 34.4 Å². The highest BCUT2D eigenvalue weighted by Crippen LogP contribution is 2.34. The highest BCUT2D eigenvalue weighted by Gasteiger charge is 2.27. The Balaban J connectivity index is 0.000000241. The lowest BCUT2D eigenvalue weighted by atomic mass is 9.85. The number of carbonyl (C=O) groups is 6. The number of amides is 2. The molecule has 0 aliphatic carbocycles. The SMILES string of the molecule is CCc1cc(C(=O)c2ccc(Oc3ccccc3)cc2)c(NC(=O)CC(C)(C)CC(=O)O)s1.CCc1cc(C(=O)c2ccc(Oc3ccccc3)cc2)c(NC(=O)CSCC(=O)O)s1.